The van der Waals surface area contributed by atoms with Crippen molar-refractivity contribution in [3.05, 3.63) is 64.7 Å². The van der Waals surface area contributed by atoms with Crippen LogP contribution in [0.15, 0.2) is 42.5 Å². The van der Waals surface area contributed by atoms with E-state index in [0.717, 1.165) is 16.9 Å². The summed E-state index contributed by atoms with van der Waals surface area (Å²) in [6.07, 6.45) is 4.05. The van der Waals surface area contributed by atoms with Crippen molar-refractivity contribution in [1.82, 2.24) is 9.62 Å². The monoisotopic (exact) mass is 484 g/mol. The van der Waals surface area contributed by atoms with Crippen molar-refractivity contribution < 1.29 is 22.7 Å². The maximum atomic E-state index is 12.6. The molecule has 1 aliphatic heterocycles. The van der Waals surface area contributed by atoms with Gasteiger partial charge in [0.15, 0.2) is 0 Å². The SMILES string of the molecule is Cc1cc(OCC2CC2)cc([C@H](C)NS(=O)(=O)CCCCCN2C(=O)c3ccccc3C2=O)c1. The third-order valence-electron chi connectivity index (χ3n) is 6.29. The van der Waals surface area contributed by atoms with Crippen molar-refractivity contribution in [1.29, 1.82) is 0 Å². The summed E-state index contributed by atoms with van der Waals surface area (Å²) in [7, 11) is -3.47. The zero-order valence-electron chi connectivity index (χ0n) is 19.7. The van der Waals surface area contributed by atoms with E-state index in [0.29, 0.717) is 49.5 Å². The molecule has 0 unspecified atom stereocenters. The van der Waals surface area contributed by atoms with Gasteiger partial charge in [0.25, 0.3) is 11.8 Å². The lowest BCUT2D eigenvalue weighted by molar-refractivity contribution is 0.0651. The minimum absolute atomic E-state index is 0.00366. The second kappa shape index (κ2) is 10.3. The van der Waals surface area contributed by atoms with Gasteiger partial charge in [-0.15, -0.1) is 0 Å². The molecule has 1 fully saturated rings. The van der Waals surface area contributed by atoms with Gasteiger partial charge in [0, 0.05) is 12.6 Å². The van der Waals surface area contributed by atoms with Crippen LogP contribution in [0.5, 0.6) is 5.75 Å². The Kier molecular flexibility index (Phi) is 7.38. The Morgan fingerprint density at radius 1 is 1.03 bits per heavy atom. The fourth-order valence-electron chi connectivity index (χ4n) is 4.19. The lowest BCUT2D eigenvalue weighted by Crippen LogP contribution is -2.31. The number of amides is 2. The standard InChI is InChI=1S/C26H32N2O5S/c1-18-14-21(16-22(15-18)33-17-20-10-11-20)19(2)27-34(31,32)13-7-3-6-12-28-25(29)23-8-4-5-9-24(23)26(28)30/h4-5,8-9,14-16,19-20,27H,3,6-7,10-13,17H2,1-2H3/t19-/m0/s1. The fourth-order valence-corrected chi connectivity index (χ4v) is 5.56. The molecule has 0 aromatic heterocycles. The maximum absolute atomic E-state index is 12.6. The number of benzene rings is 2. The van der Waals surface area contributed by atoms with E-state index in [2.05, 4.69) is 4.72 Å². The number of sulfonamides is 1. The zero-order chi connectivity index (χ0) is 24.3. The molecule has 4 rings (SSSR count). The van der Waals surface area contributed by atoms with Crippen LogP contribution in [0.4, 0.5) is 0 Å². The summed E-state index contributed by atoms with van der Waals surface area (Å²) in [5.41, 5.74) is 2.78. The van der Waals surface area contributed by atoms with Crippen LogP contribution in [0.2, 0.25) is 0 Å². The highest BCUT2D eigenvalue weighted by Gasteiger charge is 2.34. The van der Waals surface area contributed by atoms with E-state index < -0.39 is 10.0 Å². The number of aryl methyl sites for hydroxylation is 1. The van der Waals surface area contributed by atoms with Gasteiger partial charge in [-0.05, 0) is 80.8 Å². The topological polar surface area (TPSA) is 92.8 Å². The Labute approximate surface area is 201 Å². The van der Waals surface area contributed by atoms with E-state index >= 15 is 0 Å². The minimum atomic E-state index is -3.47. The predicted molar refractivity (Wildman–Crippen MR) is 130 cm³/mol. The first-order chi connectivity index (χ1) is 16.2. The number of ether oxygens (including phenoxy) is 1. The predicted octanol–water partition coefficient (Wildman–Crippen LogP) is 4.23. The number of hydrogen-bond donors (Lipinski definition) is 1. The molecule has 0 radical (unpaired) electrons. The van der Waals surface area contributed by atoms with E-state index in [9.17, 15) is 18.0 Å². The molecule has 0 spiro atoms. The van der Waals surface area contributed by atoms with Gasteiger partial charge in [0.1, 0.15) is 5.75 Å². The Morgan fingerprint density at radius 3 is 2.35 bits per heavy atom. The number of unbranched alkanes of at least 4 members (excludes halogenated alkanes) is 2. The third kappa shape index (κ3) is 6.04. The fraction of sp³-hybridized carbons (Fsp3) is 0.462. The van der Waals surface area contributed by atoms with Crippen molar-refractivity contribution >= 4 is 21.8 Å². The molecule has 1 saturated carbocycles. The van der Waals surface area contributed by atoms with Crippen LogP contribution in [0.25, 0.3) is 0 Å². The Bertz CT molecular complexity index is 1140. The number of carbonyl (C=O) groups is 2. The van der Waals surface area contributed by atoms with Gasteiger partial charge in [-0.1, -0.05) is 24.6 Å². The van der Waals surface area contributed by atoms with Crippen LogP contribution in [-0.2, 0) is 10.0 Å². The van der Waals surface area contributed by atoms with Crippen LogP contribution in [0.3, 0.4) is 0 Å². The first-order valence-corrected chi connectivity index (χ1v) is 13.6. The number of rotatable bonds is 12. The summed E-state index contributed by atoms with van der Waals surface area (Å²) in [6, 6.07) is 12.3. The van der Waals surface area contributed by atoms with Crippen molar-refractivity contribution in [2.24, 2.45) is 5.92 Å². The van der Waals surface area contributed by atoms with Crippen molar-refractivity contribution in [2.45, 2.75) is 52.0 Å². The molecule has 2 aliphatic rings. The average molecular weight is 485 g/mol. The first kappa shape index (κ1) is 24.4. The molecular formula is C26H32N2O5S. The molecule has 1 N–H and O–H groups in total. The van der Waals surface area contributed by atoms with E-state index in [4.69, 9.17) is 4.74 Å². The Hall–Kier alpha value is -2.71. The van der Waals surface area contributed by atoms with Gasteiger partial charge < -0.3 is 4.74 Å². The normalized spacial score (nSPS) is 16.6. The number of carbonyl (C=O) groups excluding carboxylic acids is 2. The number of imide groups is 1. The molecule has 1 atom stereocenters. The van der Waals surface area contributed by atoms with E-state index in [1.54, 1.807) is 24.3 Å². The van der Waals surface area contributed by atoms with Crippen molar-refractivity contribution in [2.75, 3.05) is 18.9 Å². The van der Waals surface area contributed by atoms with E-state index in [-0.39, 0.29) is 23.6 Å². The molecular weight excluding hydrogens is 452 g/mol. The summed E-state index contributed by atoms with van der Waals surface area (Å²) >= 11 is 0. The largest absolute Gasteiger partial charge is 0.493 e. The molecule has 1 heterocycles. The van der Waals surface area contributed by atoms with Gasteiger partial charge in [-0.25, -0.2) is 13.1 Å². The second-order valence-electron chi connectivity index (χ2n) is 9.36. The quantitative estimate of drug-likeness (QED) is 0.359. The highest BCUT2D eigenvalue weighted by molar-refractivity contribution is 7.89. The zero-order valence-corrected chi connectivity index (χ0v) is 20.6. The number of nitrogens with zero attached hydrogens (tertiary/aromatic N) is 1. The lowest BCUT2D eigenvalue weighted by Gasteiger charge is -2.17. The lowest BCUT2D eigenvalue weighted by atomic mass is 10.1. The smallest absolute Gasteiger partial charge is 0.261 e. The van der Waals surface area contributed by atoms with Gasteiger partial charge in [0.05, 0.1) is 23.5 Å². The van der Waals surface area contributed by atoms with E-state index in [1.807, 2.05) is 32.0 Å². The average Bonchev–Trinajstić information content (AvgIpc) is 3.59. The van der Waals surface area contributed by atoms with Crippen LogP contribution in [0, 0.1) is 12.8 Å². The van der Waals surface area contributed by atoms with Gasteiger partial charge in [-0.3, -0.25) is 14.5 Å². The molecule has 2 aromatic carbocycles. The number of hydrogen-bond acceptors (Lipinski definition) is 5. The number of fused-ring (bicyclic) bond motifs is 1. The van der Waals surface area contributed by atoms with Crippen molar-refractivity contribution in [3.8, 4) is 5.75 Å². The van der Waals surface area contributed by atoms with Crippen LogP contribution < -0.4 is 9.46 Å². The summed E-state index contributed by atoms with van der Waals surface area (Å²) in [5, 5.41) is 0. The summed E-state index contributed by atoms with van der Waals surface area (Å²) in [5.74, 6) is 0.874. The molecule has 0 bridgehead atoms. The van der Waals surface area contributed by atoms with Gasteiger partial charge in [-0.2, -0.15) is 0 Å². The molecule has 34 heavy (non-hydrogen) atoms. The van der Waals surface area contributed by atoms with Crippen LogP contribution in [0.1, 0.15) is 76.9 Å². The minimum Gasteiger partial charge on any atom is -0.493 e. The third-order valence-corrected chi connectivity index (χ3v) is 7.82. The Balaban J connectivity index is 1.22. The molecule has 0 saturated heterocycles. The molecule has 1 aliphatic carbocycles. The first-order valence-electron chi connectivity index (χ1n) is 11.9. The van der Waals surface area contributed by atoms with Crippen molar-refractivity contribution in [3.63, 3.8) is 0 Å². The summed E-state index contributed by atoms with van der Waals surface area (Å²) in [4.78, 5) is 26.1. The van der Waals surface area contributed by atoms with E-state index in [1.165, 1.54) is 17.7 Å². The van der Waals surface area contributed by atoms with Gasteiger partial charge >= 0.3 is 0 Å². The second-order valence-corrected chi connectivity index (χ2v) is 11.2. The number of nitrogens with one attached hydrogen (secondary N) is 1. The highest BCUT2D eigenvalue weighted by Crippen LogP contribution is 2.30. The molecule has 182 valence electrons. The Morgan fingerprint density at radius 2 is 1.71 bits per heavy atom. The van der Waals surface area contributed by atoms with Crippen LogP contribution in [-0.4, -0.2) is 44.0 Å². The molecule has 2 aromatic rings. The van der Waals surface area contributed by atoms with Crippen LogP contribution >= 0.6 is 0 Å². The summed E-state index contributed by atoms with van der Waals surface area (Å²) < 4.78 is 33.9. The molecule has 7 nitrogen and oxygen atoms in total. The maximum Gasteiger partial charge on any atom is 0.261 e. The molecule has 2 amide bonds. The highest BCUT2D eigenvalue weighted by atomic mass is 32.2. The summed E-state index contributed by atoms with van der Waals surface area (Å²) in [6.45, 7) is 4.81. The molecule has 8 heteroatoms. The van der Waals surface area contributed by atoms with Gasteiger partial charge in [0.2, 0.25) is 10.0 Å².